The van der Waals surface area contributed by atoms with E-state index in [1.165, 1.54) is 10.9 Å². The van der Waals surface area contributed by atoms with Crippen molar-refractivity contribution in [3.8, 4) is 0 Å². The lowest BCUT2D eigenvalue weighted by Crippen LogP contribution is -2.33. The average Bonchev–Trinajstić information content (AvgIpc) is 2.94. The number of aromatic nitrogens is 4. The van der Waals surface area contributed by atoms with Gasteiger partial charge in [-0.05, 0) is 6.07 Å². The maximum absolute atomic E-state index is 9.94. The second-order valence-corrected chi connectivity index (χ2v) is 4.33. The molecule has 0 saturated carbocycles. The van der Waals surface area contributed by atoms with Gasteiger partial charge >= 0.3 is 0 Å². The van der Waals surface area contributed by atoms with Crippen LogP contribution in [0, 0.1) is 0 Å². The fourth-order valence-electron chi connectivity index (χ4n) is 2.16. The number of pyridine rings is 1. The zero-order valence-corrected chi connectivity index (χ0v) is 9.79. The van der Waals surface area contributed by atoms with Crippen LogP contribution in [0.1, 0.15) is 6.23 Å². The van der Waals surface area contributed by atoms with Crippen molar-refractivity contribution in [1.29, 1.82) is 0 Å². The molecule has 0 amide bonds. The molecule has 1 saturated heterocycles. The van der Waals surface area contributed by atoms with Gasteiger partial charge in [0.05, 0.1) is 12.1 Å². The van der Waals surface area contributed by atoms with Crippen molar-refractivity contribution in [2.24, 2.45) is 0 Å². The number of nitrogens with zero attached hydrogens (tertiary/aromatic N) is 4. The summed E-state index contributed by atoms with van der Waals surface area (Å²) in [5.41, 5.74) is 6.58. The molecule has 0 radical (unpaired) electrons. The third kappa shape index (κ3) is 1.75. The molecule has 2 aromatic heterocycles. The normalized spacial score (nSPS) is 31.1. The number of hydrogen-bond acceptors (Lipinski definition) is 8. The molecule has 9 nitrogen and oxygen atoms in total. The monoisotopic (exact) mass is 267 g/mol. The summed E-state index contributed by atoms with van der Waals surface area (Å²) in [7, 11) is 0. The summed E-state index contributed by atoms with van der Waals surface area (Å²) < 4.78 is 6.69. The topological polar surface area (TPSA) is 140 Å². The zero-order chi connectivity index (χ0) is 13.6. The Bertz CT molecular complexity index is 603. The standard InChI is InChI=1S/C10H13N5O4/c11-9-6-4(1-2-12-9)15(14-13-6)10-8(18)7(17)5(3-16)19-10/h1-2,5,7-8,10,16-18H,3H2,(H2,11,12)/t5?,7?,8-,10-/m1/s1. The molecule has 1 aliphatic rings. The largest absolute Gasteiger partial charge is 0.394 e. The summed E-state index contributed by atoms with van der Waals surface area (Å²) in [6.45, 7) is -0.398. The van der Waals surface area contributed by atoms with Crippen LogP contribution in [0.3, 0.4) is 0 Å². The third-order valence-electron chi connectivity index (χ3n) is 3.18. The molecular formula is C10H13N5O4. The van der Waals surface area contributed by atoms with Gasteiger partial charge < -0.3 is 25.8 Å². The number of aliphatic hydroxyl groups is 3. The lowest BCUT2D eigenvalue weighted by atomic mass is 10.1. The molecule has 3 heterocycles. The molecule has 1 aliphatic heterocycles. The highest BCUT2D eigenvalue weighted by Gasteiger charge is 2.44. The third-order valence-corrected chi connectivity index (χ3v) is 3.18. The van der Waals surface area contributed by atoms with Gasteiger partial charge in [0.1, 0.15) is 18.3 Å². The van der Waals surface area contributed by atoms with Crippen LogP contribution in [0.15, 0.2) is 12.3 Å². The Kier molecular flexibility index (Phi) is 2.82. The van der Waals surface area contributed by atoms with E-state index in [1.807, 2.05) is 0 Å². The lowest BCUT2D eigenvalue weighted by molar-refractivity contribution is -0.0572. The minimum atomic E-state index is -1.21. The van der Waals surface area contributed by atoms with Gasteiger partial charge in [-0.15, -0.1) is 5.10 Å². The van der Waals surface area contributed by atoms with Crippen molar-refractivity contribution in [1.82, 2.24) is 20.0 Å². The number of anilines is 1. The first-order valence-electron chi connectivity index (χ1n) is 5.71. The Morgan fingerprint density at radius 3 is 2.84 bits per heavy atom. The van der Waals surface area contributed by atoms with Crippen LogP contribution in [0.25, 0.3) is 11.0 Å². The van der Waals surface area contributed by atoms with E-state index in [1.54, 1.807) is 6.07 Å². The fourth-order valence-corrected chi connectivity index (χ4v) is 2.16. The number of hydrogen-bond donors (Lipinski definition) is 4. The van der Waals surface area contributed by atoms with Crippen LogP contribution in [-0.4, -0.2) is 60.2 Å². The summed E-state index contributed by atoms with van der Waals surface area (Å²) >= 11 is 0. The van der Waals surface area contributed by atoms with Crippen LogP contribution >= 0.6 is 0 Å². The van der Waals surface area contributed by atoms with Gasteiger partial charge in [-0.25, -0.2) is 9.67 Å². The van der Waals surface area contributed by atoms with Crippen LogP contribution in [-0.2, 0) is 4.74 Å². The minimum absolute atomic E-state index is 0.218. The van der Waals surface area contributed by atoms with Gasteiger partial charge in [-0.2, -0.15) is 0 Å². The lowest BCUT2D eigenvalue weighted by Gasteiger charge is -2.15. The Balaban J connectivity index is 2.04. The molecular weight excluding hydrogens is 254 g/mol. The molecule has 0 spiro atoms. The Hall–Kier alpha value is -1.81. The Morgan fingerprint density at radius 2 is 2.16 bits per heavy atom. The molecule has 4 atom stereocenters. The highest BCUT2D eigenvalue weighted by atomic mass is 16.6. The molecule has 2 aromatic rings. The van der Waals surface area contributed by atoms with Crippen molar-refractivity contribution in [3.05, 3.63) is 12.3 Å². The SMILES string of the molecule is Nc1nccc2c1nnn2[C@@H]1OC(CO)C(O)[C@H]1O. The number of fused-ring (bicyclic) bond motifs is 1. The van der Waals surface area contributed by atoms with E-state index < -0.39 is 31.1 Å². The molecule has 3 rings (SSSR count). The summed E-state index contributed by atoms with van der Waals surface area (Å²) in [5, 5.41) is 36.4. The van der Waals surface area contributed by atoms with Gasteiger partial charge in [-0.1, -0.05) is 5.21 Å². The summed E-state index contributed by atoms with van der Waals surface area (Å²) in [6.07, 6.45) is -2.71. The summed E-state index contributed by atoms with van der Waals surface area (Å²) in [6, 6.07) is 1.63. The van der Waals surface area contributed by atoms with Crippen molar-refractivity contribution in [2.45, 2.75) is 24.5 Å². The molecule has 0 aromatic carbocycles. The van der Waals surface area contributed by atoms with Crippen molar-refractivity contribution in [3.63, 3.8) is 0 Å². The second kappa shape index (κ2) is 4.38. The van der Waals surface area contributed by atoms with E-state index in [4.69, 9.17) is 15.6 Å². The number of rotatable bonds is 2. The maximum Gasteiger partial charge on any atom is 0.181 e. The molecule has 0 bridgehead atoms. The first-order valence-corrected chi connectivity index (χ1v) is 5.71. The van der Waals surface area contributed by atoms with Gasteiger partial charge in [0, 0.05) is 6.20 Å². The maximum atomic E-state index is 9.94. The molecule has 5 N–H and O–H groups in total. The summed E-state index contributed by atoms with van der Waals surface area (Å²) in [5.74, 6) is 0.218. The quantitative estimate of drug-likeness (QED) is 0.491. The first-order chi connectivity index (χ1) is 9.13. The van der Waals surface area contributed by atoms with Gasteiger partial charge in [0.2, 0.25) is 0 Å². The number of aliphatic hydroxyl groups excluding tert-OH is 3. The minimum Gasteiger partial charge on any atom is -0.394 e. The fraction of sp³-hybridized carbons (Fsp3) is 0.500. The zero-order valence-electron chi connectivity index (χ0n) is 9.79. The number of ether oxygens (including phenoxy) is 1. The van der Waals surface area contributed by atoms with Crippen LogP contribution in [0.2, 0.25) is 0 Å². The smallest absolute Gasteiger partial charge is 0.181 e. The van der Waals surface area contributed by atoms with E-state index in [-0.39, 0.29) is 5.82 Å². The molecule has 2 unspecified atom stereocenters. The first kappa shape index (κ1) is 12.2. The van der Waals surface area contributed by atoms with Gasteiger partial charge in [0.25, 0.3) is 0 Å². The highest BCUT2D eigenvalue weighted by Crippen LogP contribution is 2.31. The molecule has 102 valence electrons. The molecule has 19 heavy (non-hydrogen) atoms. The highest BCUT2D eigenvalue weighted by molar-refractivity contribution is 5.83. The van der Waals surface area contributed by atoms with E-state index in [2.05, 4.69) is 15.3 Å². The Labute approximate surface area is 107 Å². The van der Waals surface area contributed by atoms with Crippen molar-refractivity contribution < 1.29 is 20.1 Å². The van der Waals surface area contributed by atoms with Crippen LogP contribution in [0.5, 0.6) is 0 Å². The molecule has 1 fully saturated rings. The van der Waals surface area contributed by atoms with Crippen LogP contribution < -0.4 is 5.73 Å². The van der Waals surface area contributed by atoms with Crippen molar-refractivity contribution in [2.75, 3.05) is 12.3 Å². The van der Waals surface area contributed by atoms with E-state index in [9.17, 15) is 10.2 Å². The summed E-state index contributed by atoms with van der Waals surface area (Å²) in [4.78, 5) is 3.88. The van der Waals surface area contributed by atoms with Crippen LogP contribution in [0.4, 0.5) is 5.82 Å². The molecule has 0 aliphatic carbocycles. The average molecular weight is 267 g/mol. The Morgan fingerprint density at radius 1 is 1.37 bits per heavy atom. The van der Waals surface area contributed by atoms with Crippen molar-refractivity contribution >= 4 is 16.9 Å². The second-order valence-electron chi connectivity index (χ2n) is 4.33. The van der Waals surface area contributed by atoms with E-state index in [0.717, 1.165) is 0 Å². The predicted molar refractivity (Wildman–Crippen MR) is 62.7 cm³/mol. The van der Waals surface area contributed by atoms with Gasteiger partial charge in [0.15, 0.2) is 17.6 Å². The van der Waals surface area contributed by atoms with Gasteiger partial charge in [-0.3, -0.25) is 0 Å². The predicted octanol–water partition coefficient (Wildman–Crippen LogP) is -1.98. The number of nitrogen functional groups attached to an aromatic ring is 1. The van der Waals surface area contributed by atoms with E-state index in [0.29, 0.717) is 11.0 Å². The molecule has 9 heteroatoms. The number of nitrogens with two attached hydrogens (primary N) is 1. The van der Waals surface area contributed by atoms with E-state index >= 15 is 0 Å².